The van der Waals surface area contributed by atoms with E-state index in [4.69, 9.17) is 42.6 Å². The van der Waals surface area contributed by atoms with E-state index in [0.29, 0.717) is 39.6 Å². The Balaban J connectivity index is -0.000000661. The molecule has 9 nitrogen and oxygen atoms in total. The van der Waals surface area contributed by atoms with Crippen LogP contribution in [0.3, 0.4) is 0 Å². The van der Waals surface area contributed by atoms with Crippen LogP contribution in [0.25, 0.3) is 0 Å². The van der Waals surface area contributed by atoms with Crippen LogP contribution in [0.5, 0.6) is 0 Å². The molecule has 2 saturated heterocycles. The van der Waals surface area contributed by atoms with Crippen molar-refractivity contribution in [2.24, 2.45) is 21.7 Å². The Bertz CT molecular complexity index is 1070. The van der Waals surface area contributed by atoms with E-state index in [9.17, 15) is 0 Å². The van der Waals surface area contributed by atoms with Gasteiger partial charge in [-0.2, -0.15) is 23.7 Å². The maximum Gasteiger partial charge on any atom is 0.0466 e. The van der Waals surface area contributed by atoms with Gasteiger partial charge >= 0.3 is 0 Å². The molecule has 468 valence electrons. The number of hydrogen-bond acceptors (Lipinski definition) is 9. The molecule has 2 aliphatic rings. The molecule has 0 aromatic heterocycles. The van der Waals surface area contributed by atoms with Gasteiger partial charge in [-0.25, -0.2) is 0 Å². The first kappa shape index (κ1) is 99.8. The van der Waals surface area contributed by atoms with Gasteiger partial charge < -0.3 is 104 Å². The first-order chi connectivity index (χ1) is 31.8. The van der Waals surface area contributed by atoms with Crippen LogP contribution in [-0.4, -0.2) is 119 Å². The summed E-state index contributed by atoms with van der Waals surface area (Å²) in [4.78, 5) is 0. The molecular weight excluding hydrogens is 1990 g/mol. The van der Waals surface area contributed by atoms with Gasteiger partial charge in [-0.15, -0.1) is 0 Å². The van der Waals surface area contributed by atoms with Crippen molar-refractivity contribution in [1.29, 1.82) is 0 Å². The SMILES string of the molecule is C.C.C.C.CC(C)(C)C[C-]1COCCCCOCCCCOC[C-](CC(C)(C)C)C[C-]2COCCCCOCCCCOC[C-](C1)C[C-](C(C)(C)C)COCCCCOCCCCOC[C-](C(C)(C)C)C2.[W].[W].[W].[W].[W].[W]. The molecule has 0 aliphatic carbocycles. The second-order valence-corrected chi connectivity index (χ2v) is 24.3. The summed E-state index contributed by atoms with van der Waals surface area (Å²) in [6, 6.07) is 0. The minimum Gasteiger partial charge on any atom is -0.413 e. The molecule has 15 heteroatoms. The van der Waals surface area contributed by atoms with Crippen LogP contribution < -0.4 is 0 Å². The van der Waals surface area contributed by atoms with Crippen molar-refractivity contribution in [3.05, 3.63) is 35.5 Å². The molecule has 2 aliphatic heterocycles. The van der Waals surface area contributed by atoms with Crippen molar-refractivity contribution in [3.8, 4) is 0 Å². The van der Waals surface area contributed by atoms with Crippen molar-refractivity contribution in [1.82, 2.24) is 0 Å². The quantitative estimate of drug-likeness (QED) is 0.251. The molecule has 0 unspecified atom stereocenters. The van der Waals surface area contributed by atoms with Gasteiger partial charge in [0.1, 0.15) is 0 Å². The molecule has 0 radical (unpaired) electrons. The van der Waals surface area contributed by atoms with Crippen LogP contribution in [0.4, 0.5) is 0 Å². The van der Waals surface area contributed by atoms with Gasteiger partial charge in [0.05, 0.1) is 0 Å². The fraction of sp³-hybridized carbons (Fsp3) is 0.903. The molecule has 0 atom stereocenters. The minimum absolute atomic E-state index is 0. The topological polar surface area (TPSA) is 83.1 Å². The van der Waals surface area contributed by atoms with Gasteiger partial charge in [-0.1, -0.05) is 163 Å². The van der Waals surface area contributed by atoms with Crippen LogP contribution in [0, 0.1) is 57.2 Å². The Labute approximate surface area is 567 Å². The molecule has 77 heavy (non-hydrogen) atoms. The second-order valence-electron chi connectivity index (χ2n) is 24.3. The van der Waals surface area contributed by atoms with Crippen molar-refractivity contribution in [2.45, 2.75) is 228 Å². The summed E-state index contributed by atoms with van der Waals surface area (Å²) in [5.74, 6) is 8.60. The van der Waals surface area contributed by atoms with Crippen LogP contribution in [0.1, 0.15) is 228 Å². The van der Waals surface area contributed by atoms with E-state index in [2.05, 4.69) is 83.1 Å². The molecule has 0 saturated carbocycles. The van der Waals surface area contributed by atoms with E-state index in [1.807, 2.05) is 0 Å². The van der Waals surface area contributed by atoms with Crippen LogP contribution in [-0.2, 0) is 169 Å². The fourth-order valence-electron chi connectivity index (χ4n) is 8.55. The Morgan fingerprint density at radius 2 is 0.455 bits per heavy atom. The van der Waals surface area contributed by atoms with E-state index in [0.717, 1.165) is 195 Å². The molecule has 2 bridgehead atoms. The van der Waals surface area contributed by atoms with E-state index < -0.39 is 0 Å². The van der Waals surface area contributed by atoms with Crippen LogP contribution >= 0.6 is 0 Å². The summed E-state index contributed by atoms with van der Waals surface area (Å²) in [6.45, 7) is 41.0. The molecule has 2 rings (SSSR count). The molecule has 0 aromatic rings. The normalized spacial score (nSPS) is 20.9. The van der Waals surface area contributed by atoms with Crippen molar-refractivity contribution in [2.75, 3.05) is 119 Å². The van der Waals surface area contributed by atoms with E-state index >= 15 is 0 Å². The van der Waals surface area contributed by atoms with Crippen LogP contribution in [0.2, 0.25) is 0 Å². The third-order valence-corrected chi connectivity index (χ3v) is 12.4. The Kier molecular flexibility index (Phi) is 77.8. The van der Waals surface area contributed by atoms with Crippen molar-refractivity contribution in [3.63, 3.8) is 0 Å². The van der Waals surface area contributed by atoms with Gasteiger partial charge in [-0.05, 0) is 77.0 Å². The minimum atomic E-state index is 0. The molecule has 2 fully saturated rings. The summed E-state index contributed by atoms with van der Waals surface area (Å²) >= 11 is 0. The van der Waals surface area contributed by atoms with Gasteiger partial charge in [-0.3, -0.25) is 0 Å². The number of fused-ring (bicyclic) bond motifs is 14. The Hall–Kier alpha value is 3.77. The number of rotatable bonds is 2. The fourth-order valence-corrected chi connectivity index (χ4v) is 8.55. The monoisotopic (exact) mass is 2120 g/mol. The largest absolute Gasteiger partial charge is 0.413 e. The second kappa shape index (κ2) is 60.1. The number of hydrogen-bond donors (Lipinski definition) is 0. The molecule has 0 aromatic carbocycles. The maximum atomic E-state index is 6.47. The summed E-state index contributed by atoms with van der Waals surface area (Å²) in [6.07, 6.45) is 17.7. The zero-order valence-corrected chi connectivity index (χ0v) is 66.2. The first-order valence-electron chi connectivity index (χ1n) is 27.1. The predicted octanol–water partition coefficient (Wildman–Crippen LogP) is 16.3. The van der Waals surface area contributed by atoms with Crippen molar-refractivity contribution < 1.29 is 169 Å². The summed E-state index contributed by atoms with van der Waals surface area (Å²) < 4.78 is 56.8. The molecule has 2 heterocycles. The first-order valence-corrected chi connectivity index (χ1v) is 27.1. The molecule has 0 N–H and O–H groups in total. The average Bonchev–Trinajstić information content (AvgIpc) is 3.21. The molecule has 0 amide bonds. The van der Waals surface area contributed by atoms with E-state index in [1.165, 1.54) is 35.5 Å². The molecule has 0 spiro atoms. The Morgan fingerprint density at radius 1 is 0.260 bits per heavy atom. The van der Waals surface area contributed by atoms with Gasteiger partial charge in [0, 0.05) is 206 Å². The summed E-state index contributed by atoms with van der Waals surface area (Å²) in [5.41, 5.74) is 0.375. The summed E-state index contributed by atoms with van der Waals surface area (Å²) in [5, 5.41) is 0. The van der Waals surface area contributed by atoms with Crippen molar-refractivity contribution >= 4 is 0 Å². The molecular formula is C62H124O9W6-6. The third kappa shape index (κ3) is 59.9. The van der Waals surface area contributed by atoms with Gasteiger partial charge in [0.25, 0.3) is 0 Å². The summed E-state index contributed by atoms with van der Waals surface area (Å²) in [7, 11) is 0. The Morgan fingerprint density at radius 3 is 0.662 bits per heavy atom. The van der Waals surface area contributed by atoms with E-state index in [-0.39, 0.29) is 178 Å². The van der Waals surface area contributed by atoms with Crippen LogP contribution in [0.15, 0.2) is 0 Å². The zero-order chi connectivity index (χ0) is 49.3. The number of ether oxygens (including phenoxy) is 9. The van der Waals surface area contributed by atoms with E-state index in [1.54, 1.807) is 0 Å². The zero-order valence-electron chi connectivity index (χ0n) is 48.6. The standard InChI is InChI=1S/C58H108O9.4CH4.6W/c1-55(2,3)41-51-37-49-39-53(57(7,8)9)47-66-35-23-17-29-61-30-18-24-36-67-48-54(58(10,11)12)40-50(44-63-32-20-14-26-59-25-13-19-31-62-43-49)38-52(42-56(4,5)6)46-65-34-22-16-28-60-27-15-21-33-64-45-51;;;;;;;;;;/h13-48H2,1-12H3;4*1H4;;;;;;/q-6;;;;;;;;;;. The average molecular weight is 2120 g/mol. The smallest absolute Gasteiger partial charge is 0.0466 e. The predicted molar refractivity (Wildman–Crippen MR) is 305 cm³/mol. The van der Waals surface area contributed by atoms with Gasteiger partial charge in [0.15, 0.2) is 0 Å². The maximum absolute atomic E-state index is 6.47. The third-order valence-electron chi connectivity index (χ3n) is 12.4. The van der Waals surface area contributed by atoms with Gasteiger partial charge in [0.2, 0.25) is 0 Å².